The third-order valence-electron chi connectivity index (χ3n) is 6.88. The average molecular weight is 595 g/mol. The van der Waals surface area contributed by atoms with Gasteiger partial charge in [0.1, 0.15) is 28.8 Å². The van der Waals surface area contributed by atoms with Gasteiger partial charge in [0.2, 0.25) is 0 Å². The summed E-state index contributed by atoms with van der Waals surface area (Å²) in [5.41, 5.74) is 5.36. The molecule has 3 heterocycles. The van der Waals surface area contributed by atoms with Gasteiger partial charge in [-0.2, -0.15) is 0 Å². The Bertz CT molecular complexity index is 1270. The minimum Gasteiger partial charge on any atom is -0.375 e. The number of pyridine rings is 1. The quantitative estimate of drug-likeness (QED) is 0.103. The van der Waals surface area contributed by atoms with Crippen molar-refractivity contribution >= 4 is 56.8 Å². The van der Waals surface area contributed by atoms with Gasteiger partial charge in [0.25, 0.3) is 0 Å². The molecule has 1 aliphatic rings. The predicted octanol–water partition coefficient (Wildman–Crippen LogP) is 6.39. The van der Waals surface area contributed by atoms with Crippen LogP contribution in [0.1, 0.15) is 18.4 Å². The molecule has 2 aromatic carbocycles. The van der Waals surface area contributed by atoms with Gasteiger partial charge in [0.05, 0.1) is 12.6 Å². The number of H-pyrrole nitrogens is 1. The SMILES string of the molecule is N=C(C(Cc1c[nH]c2ccccc12)Nc1ccc(Nc2ccncc2)cc1)N1CCC(COI)CC1. The fraction of sp³-hybridized carbons (Fsp3) is 0.286. The number of hydrogen-bond acceptors (Lipinski definition) is 5. The van der Waals surface area contributed by atoms with Gasteiger partial charge in [0.15, 0.2) is 0 Å². The van der Waals surface area contributed by atoms with Crippen LogP contribution in [0.3, 0.4) is 0 Å². The average Bonchev–Trinajstić information content (AvgIpc) is 3.33. The van der Waals surface area contributed by atoms with E-state index in [0.717, 1.165) is 61.5 Å². The number of aromatic amines is 1. The zero-order valence-electron chi connectivity index (χ0n) is 20.1. The van der Waals surface area contributed by atoms with Gasteiger partial charge in [-0.15, -0.1) is 0 Å². The molecule has 1 saturated heterocycles. The van der Waals surface area contributed by atoms with Gasteiger partial charge >= 0.3 is 0 Å². The Hall–Kier alpha value is -3.11. The lowest BCUT2D eigenvalue weighted by molar-refractivity contribution is 0.209. The van der Waals surface area contributed by atoms with E-state index in [2.05, 4.69) is 74.2 Å². The molecule has 2 aromatic heterocycles. The lowest BCUT2D eigenvalue weighted by Gasteiger charge is -2.36. The van der Waals surface area contributed by atoms with E-state index in [9.17, 15) is 0 Å². The second-order valence-corrected chi connectivity index (χ2v) is 9.91. The van der Waals surface area contributed by atoms with Crippen LogP contribution in [0.2, 0.25) is 0 Å². The van der Waals surface area contributed by atoms with E-state index in [4.69, 9.17) is 8.48 Å². The molecule has 4 N–H and O–H groups in total. The Labute approximate surface area is 225 Å². The van der Waals surface area contributed by atoms with Crippen LogP contribution in [0.5, 0.6) is 0 Å². The van der Waals surface area contributed by atoms with Gasteiger partial charge in [-0.3, -0.25) is 10.4 Å². The molecule has 36 heavy (non-hydrogen) atoms. The first-order valence-electron chi connectivity index (χ1n) is 12.3. The second-order valence-electron chi connectivity index (χ2n) is 9.29. The minimum atomic E-state index is -0.138. The van der Waals surface area contributed by atoms with Crippen LogP contribution in [0.25, 0.3) is 10.9 Å². The van der Waals surface area contributed by atoms with Crippen LogP contribution in [-0.4, -0.2) is 46.4 Å². The molecule has 1 fully saturated rings. The van der Waals surface area contributed by atoms with Crippen LogP contribution >= 0.6 is 23.0 Å². The summed E-state index contributed by atoms with van der Waals surface area (Å²) in [4.78, 5) is 9.69. The monoisotopic (exact) mass is 594 g/mol. The van der Waals surface area contributed by atoms with E-state index >= 15 is 0 Å². The normalized spacial score (nSPS) is 15.1. The number of nitrogens with zero attached hydrogens (tertiary/aromatic N) is 2. The van der Waals surface area contributed by atoms with Gasteiger partial charge < -0.3 is 23.6 Å². The Morgan fingerprint density at radius 3 is 2.47 bits per heavy atom. The van der Waals surface area contributed by atoms with E-state index in [1.165, 1.54) is 10.9 Å². The third-order valence-corrected chi connectivity index (χ3v) is 7.24. The molecule has 4 aromatic rings. The van der Waals surface area contributed by atoms with Gasteiger partial charge in [-0.1, -0.05) is 18.2 Å². The first-order chi connectivity index (χ1) is 17.7. The molecule has 1 unspecified atom stereocenters. The number of fused-ring (bicyclic) bond motifs is 1. The summed E-state index contributed by atoms with van der Waals surface area (Å²) in [5, 5.41) is 17.4. The fourth-order valence-corrected chi connectivity index (χ4v) is 5.35. The number of anilines is 3. The van der Waals surface area contributed by atoms with Crippen molar-refractivity contribution in [3.8, 4) is 0 Å². The number of halogens is 1. The number of benzene rings is 2. The standard InChI is InChI=1S/C28H31IN6O/c29-36-19-20-11-15-35(16-12-20)28(30)27(17-21-18-32-26-4-2-1-3-25(21)26)34-23-7-5-22(6-8-23)33-24-9-13-31-14-10-24/h1-10,13-14,18,20,27,30,32,34H,11-12,15-17,19H2,(H,31,33). The Kier molecular flexibility index (Phi) is 8.02. The van der Waals surface area contributed by atoms with Crippen LogP contribution < -0.4 is 10.6 Å². The summed E-state index contributed by atoms with van der Waals surface area (Å²) in [6.45, 7) is 2.58. The first kappa shape index (κ1) is 24.6. The van der Waals surface area contributed by atoms with E-state index in [1.807, 2.05) is 41.2 Å². The largest absolute Gasteiger partial charge is 0.375 e. The molecule has 1 atom stereocenters. The second kappa shape index (κ2) is 11.7. The fourth-order valence-electron chi connectivity index (χ4n) is 4.84. The Balaban J connectivity index is 1.32. The number of piperidine rings is 1. The van der Waals surface area contributed by atoms with Crippen molar-refractivity contribution in [3.05, 3.63) is 84.8 Å². The van der Waals surface area contributed by atoms with Gasteiger partial charge in [-0.25, -0.2) is 0 Å². The minimum absolute atomic E-state index is 0.138. The highest BCUT2D eigenvalue weighted by molar-refractivity contribution is 14.1. The molecule has 8 heteroatoms. The van der Waals surface area contributed by atoms with Crippen molar-refractivity contribution in [2.75, 3.05) is 30.3 Å². The summed E-state index contributed by atoms with van der Waals surface area (Å²) >= 11 is 1.98. The van der Waals surface area contributed by atoms with E-state index in [-0.39, 0.29) is 6.04 Å². The highest BCUT2D eigenvalue weighted by Gasteiger charge is 2.26. The highest BCUT2D eigenvalue weighted by Crippen LogP contribution is 2.25. The van der Waals surface area contributed by atoms with Crippen molar-refractivity contribution < 1.29 is 3.07 Å². The molecule has 1 aliphatic heterocycles. The first-order valence-corrected chi connectivity index (χ1v) is 13.2. The Morgan fingerprint density at radius 2 is 1.72 bits per heavy atom. The number of amidine groups is 1. The molecule has 186 valence electrons. The maximum Gasteiger partial charge on any atom is 0.119 e. The molecule has 0 bridgehead atoms. The lowest BCUT2D eigenvalue weighted by atomic mass is 9.96. The Morgan fingerprint density at radius 1 is 1.03 bits per heavy atom. The van der Waals surface area contributed by atoms with Crippen molar-refractivity contribution in [2.45, 2.75) is 25.3 Å². The van der Waals surface area contributed by atoms with E-state index < -0.39 is 0 Å². The van der Waals surface area contributed by atoms with E-state index in [1.54, 1.807) is 12.4 Å². The summed E-state index contributed by atoms with van der Waals surface area (Å²) in [7, 11) is 0. The van der Waals surface area contributed by atoms with Gasteiger partial charge in [0, 0.05) is 66.1 Å². The lowest BCUT2D eigenvalue weighted by Crippen LogP contribution is -2.47. The number of likely N-dealkylation sites (tertiary alicyclic amines) is 1. The summed E-state index contributed by atoms with van der Waals surface area (Å²) in [6, 6.07) is 20.4. The molecule has 0 radical (unpaired) electrons. The maximum atomic E-state index is 9.16. The van der Waals surface area contributed by atoms with Crippen LogP contribution in [0, 0.1) is 11.3 Å². The highest BCUT2D eigenvalue weighted by atomic mass is 127. The molecule has 5 rings (SSSR count). The molecule has 0 amide bonds. The molecular formula is C28H31IN6O. The number of aromatic nitrogens is 2. The van der Waals surface area contributed by atoms with Gasteiger partial charge in [-0.05, 0) is 66.8 Å². The zero-order valence-corrected chi connectivity index (χ0v) is 22.2. The summed E-state index contributed by atoms with van der Waals surface area (Å²) in [5.74, 6) is 1.22. The predicted molar refractivity (Wildman–Crippen MR) is 155 cm³/mol. The molecule has 0 spiro atoms. The van der Waals surface area contributed by atoms with Crippen LogP contribution in [-0.2, 0) is 9.49 Å². The smallest absolute Gasteiger partial charge is 0.119 e. The van der Waals surface area contributed by atoms with Crippen molar-refractivity contribution in [1.29, 1.82) is 5.41 Å². The zero-order chi connectivity index (χ0) is 24.7. The van der Waals surface area contributed by atoms with Crippen molar-refractivity contribution in [2.24, 2.45) is 5.92 Å². The molecule has 7 nitrogen and oxygen atoms in total. The summed E-state index contributed by atoms with van der Waals surface area (Å²) < 4.78 is 5.34. The molecule has 0 saturated carbocycles. The number of para-hydroxylation sites is 1. The van der Waals surface area contributed by atoms with Crippen LogP contribution in [0.15, 0.2) is 79.3 Å². The number of rotatable bonds is 9. The van der Waals surface area contributed by atoms with E-state index in [0.29, 0.717) is 11.8 Å². The number of hydrogen-bond donors (Lipinski definition) is 4. The maximum absolute atomic E-state index is 9.16. The van der Waals surface area contributed by atoms with Crippen molar-refractivity contribution in [3.63, 3.8) is 0 Å². The number of nitrogens with one attached hydrogen (secondary N) is 4. The third kappa shape index (κ3) is 5.99. The molecule has 0 aliphatic carbocycles. The van der Waals surface area contributed by atoms with Crippen LogP contribution in [0.4, 0.5) is 17.1 Å². The topological polar surface area (TPSA) is 89.1 Å². The summed E-state index contributed by atoms with van der Waals surface area (Å²) in [6.07, 6.45) is 8.48. The molecular weight excluding hydrogens is 563 g/mol. The van der Waals surface area contributed by atoms with Crippen molar-refractivity contribution in [1.82, 2.24) is 14.9 Å².